The van der Waals surface area contributed by atoms with Crippen LogP contribution in [0.15, 0.2) is 60.8 Å². The van der Waals surface area contributed by atoms with Gasteiger partial charge in [-0.3, -0.25) is 9.59 Å². The molecule has 3 rings (SSSR count). The van der Waals surface area contributed by atoms with Crippen LogP contribution >= 0.6 is 0 Å². The number of nitrogens with zero attached hydrogens (tertiary/aromatic N) is 1. The van der Waals surface area contributed by atoms with Gasteiger partial charge in [0.1, 0.15) is 5.75 Å². The summed E-state index contributed by atoms with van der Waals surface area (Å²) in [5.41, 5.74) is 3.77. The number of anilines is 1. The predicted octanol–water partition coefficient (Wildman–Crippen LogP) is 5.97. The molecular formula is C27H32N2O4. The second-order valence-electron chi connectivity index (χ2n) is 9.44. The molecule has 3 aromatic rings. The lowest BCUT2D eigenvalue weighted by Crippen LogP contribution is -2.14. The fourth-order valence-corrected chi connectivity index (χ4v) is 3.64. The number of allylic oxidation sites excluding steroid dienone is 1. The molecule has 2 aromatic carbocycles. The molecule has 1 amide bonds. The first kappa shape index (κ1) is 24.1. The number of hydrogen-bond donors (Lipinski definition) is 2. The quantitative estimate of drug-likeness (QED) is 0.312. The second kappa shape index (κ2) is 10.4. The zero-order valence-corrected chi connectivity index (χ0v) is 19.7. The van der Waals surface area contributed by atoms with Gasteiger partial charge in [0.25, 0.3) is 0 Å². The Kier molecular flexibility index (Phi) is 7.59. The van der Waals surface area contributed by atoms with Crippen LogP contribution in [0.2, 0.25) is 0 Å². The van der Waals surface area contributed by atoms with E-state index in [9.17, 15) is 9.59 Å². The highest BCUT2D eigenvalue weighted by molar-refractivity contribution is 6.04. The van der Waals surface area contributed by atoms with Crippen LogP contribution < -0.4 is 10.1 Å². The zero-order valence-electron chi connectivity index (χ0n) is 19.7. The molecule has 0 unspecified atom stereocenters. The number of aromatic nitrogens is 1. The number of ether oxygens (including phenoxy) is 1. The van der Waals surface area contributed by atoms with Crippen molar-refractivity contribution in [2.45, 2.75) is 47.1 Å². The Morgan fingerprint density at radius 3 is 2.61 bits per heavy atom. The predicted molar refractivity (Wildman–Crippen MR) is 132 cm³/mol. The van der Waals surface area contributed by atoms with Gasteiger partial charge in [-0.25, -0.2) is 0 Å². The number of carboxylic acids is 1. The number of carboxylic acid groups (broad SMARTS) is 1. The van der Waals surface area contributed by atoms with Crippen LogP contribution in [-0.2, 0) is 16.1 Å². The van der Waals surface area contributed by atoms with Crippen molar-refractivity contribution in [1.82, 2.24) is 4.57 Å². The van der Waals surface area contributed by atoms with Gasteiger partial charge >= 0.3 is 5.97 Å². The normalized spacial score (nSPS) is 12.1. The molecule has 0 fully saturated rings. The molecule has 33 heavy (non-hydrogen) atoms. The minimum Gasteiger partial charge on any atom is -0.491 e. The van der Waals surface area contributed by atoms with Gasteiger partial charge in [-0.1, -0.05) is 39.0 Å². The maximum Gasteiger partial charge on any atom is 0.303 e. The Bertz CT molecular complexity index is 1170. The summed E-state index contributed by atoms with van der Waals surface area (Å²) in [7, 11) is 0. The highest BCUT2D eigenvalue weighted by Crippen LogP contribution is 2.27. The largest absolute Gasteiger partial charge is 0.491 e. The Morgan fingerprint density at radius 2 is 1.88 bits per heavy atom. The van der Waals surface area contributed by atoms with Crippen molar-refractivity contribution in [3.63, 3.8) is 0 Å². The number of nitrogens with one attached hydrogen (secondary N) is 1. The molecule has 6 heteroatoms. The van der Waals surface area contributed by atoms with Crippen LogP contribution in [0.1, 0.15) is 46.1 Å². The average molecular weight is 449 g/mol. The first-order valence-electron chi connectivity index (χ1n) is 11.1. The second-order valence-corrected chi connectivity index (χ2v) is 9.44. The monoisotopic (exact) mass is 448 g/mol. The van der Waals surface area contributed by atoms with E-state index in [1.807, 2.05) is 25.1 Å². The number of amides is 1. The van der Waals surface area contributed by atoms with Crippen molar-refractivity contribution in [3.05, 3.63) is 66.4 Å². The van der Waals surface area contributed by atoms with Gasteiger partial charge in [-0.05, 0) is 60.2 Å². The van der Waals surface area contributed by atoms with Gasteiger partial charge in [-0.2, -0.15) is 0 Å². The summed E-state index contributed by atoms with van der Waals surface area (Å²) in [6.07, 6.45) is 4.13. The molecule has 0 atom stereocenters. The lowest BCUT2D eigenvalue weighted by Gasteiger charge is -2.19. The third kappa shape index (κ3) is 6.97. The van der Waals surface area contributed by atoms with Crippen molar-refractivity contribution in [2.75, 3.05) is 11.9 Å². The van der Waals surface area contributed by atoms with Crippen molar-refractivity contribution in [2.24, 2.45) is 5.41 Å². The number of carbonyl (C=O) groups is 2. The molecule has 1 heterocycles. The minimum absolute atomic E-state index is 0.0421. The van der Waals surface area contributed by atoms with Crippen LogP contribution in [0.4, 0.5) is 5.69 Å². The molecular weight excluding hydrogens is 416 g/mol. The molecule has 0 radical (unpaired) electrons. The standard InChI is InChI=1S/C27H32N2O4/c1-19(20-11-12-23-21(17-20)13-14-29(23)18-27(2,3)4)16-25(30)28-22-8-5-6-9-24(22)33-15-7-10-26(31)32/h5-6,8-9,11-14,16-17H,7,10,15,18H2,1-4H3,(H,28,30)(H,31,32). The van der Waals surface area contributed by atoms with E-state index in [2.05, 4.69) is 55.1 Å². The highest BCUT2D eigenvalue weighted by Gasteiger charge is 2.13. The van der Waals surface area contributed by atoms with Crippen LogP contribution in [0.25, 0.3) is 16.5 Å². The SMILES string of the molecule is CC(=CC(=O)Nc1ccccc1OCCCC(=O)O)c1ccc2c(ccn2CC(C)(C)C)c1. The molecule has 0 spiro atoms. The Morgan fingerprint density at radius 1 is 1.12 bits per heavy atom. The van der Waals surface area contributed by atoms with Gasteiger partial charge < -0.3 is 19.7 Å². The Balaban J connectivity index is 1.69. The van der Waals surface area contributed by atoms with E-state index < -0.39 is 5.97 Å². The molecule has 1 aromatic heterocycles. The maximum atomic E-state index is 12.7. The van der Waals surface area contributed by atoms with Crippen LogP contribution in [-0.4, -0.2) is 28.2 Å². The van der Waals surface area contributed by atoms with Gasteiger partial charge in [0.2, 0.25) is 5.91 Å². The summed E-state index contributed by atoms with van der Waals surface area (Å²) >= 11 is 0. The summed E-state index contributed by atoms with van der Waals surface area (Å²) in [4.78, 5) is 23.3. The summed E-state index contributed by atoms with van der Waals surface area (Å²) in [5.74, 6) is -0.590. The smallest absolute Gasteiger partial charge is 0.303 e. The summed E-state index contributed by atoms with van der Waals surface area (Å²) in [5, 5.41) is 12.8. The van der Waals surface area contributed by atoms with Gasteiger partial charge in [-0.15, -0.1) is 0 Å². The molecule has 0 saturated carbocycles. The van der Waals surface area contributed by atoms with Crippen molar-refractivity contribution < 1.29 is 19.4 Å². The van der Waals surface area contributed by atoms with E-state index in [0.29, 0.717) is 17.9 Å². The molecule has 2 N–H and O–H groups in total. The molecule has 0 saturated heterocycles. The number of hydrogen-bond acceptors (Lipinski definition) is 3. The highest BCUT2D eigenvalue weighted by atomic mass is 16.5. The Labute approximate surface area is 194 Å². The van der Waals surface area contributed by atoms with Crippen molar-refractivity contribution in [3.8, 4) is 5.75 Å². The van der Waals surface area contributed by atoms with Crippen LogP contribution in [0.5, 0.6) is 5.75 Å². The van der Waals surface area contributed by atoms with Crippen molar-refractivity contribution >= 4 is 34.0 Å². The van der Waals surface area contributed by atoms with E-state index in [0.717, 1.165) is 23.1 Å². The minimum atomic E-state index is -0.857. The van der Waals surface area contributed by atoms with E-state index in [4.69, 9.17) is 9.84 Å². The van der Waals surface area contributed by atoms with E-state index in [1.165, 1.54) is 5.52 Å². The molecule has 0 bridgehead atoms. The van der Waals surface area contributed by atoms with E-state index in [-0.39, 0.29) is 24.3 Å². The molecule has 174 valence electrons. The molecule has 0 aliphatic carbocycles. The topological polar surface area (TPSA) is 80.6 Å². The van der Waals surface area contributed by atoms with Gasteiger partial charge in [0.05, 0.1) is 12.3 Å². The molecule has 0 aliphatic rings. The maximum absolute atomic E-state index is 12.7. The third-order valence-corrected chi connectivity index (χ3v) is 5.16. The number of para-hydroxylation sites is 2. The Hall–Kier alpha value is -3.54. The number of aliphatic carboxylic acids is 1. The third-order valence-electron chi connectivity index (χ3n) is 5.16. The first-order chi connectivity index (χ1) is 15.6. The molecule has 0 aliphatic heterocycles. The number of benzene rings is 2. The fourth-order valence-electron chi connectivity index (χ4n) is 3.64. The number of rotatable bonds is 9. The van der Waals surface area contributed by atoms with Crippen molar-refractivity contribution in [1.29, 1.82) is 0 Å². The van der Waals surface area contributed by atoms with E-state index >= 15 is 0 Å². The molecule has 6 nitrogen and oxygen atoms in total. The first-order valence-corrected chi connectivity index (χ1v) is 11.1. The summed E-state index contributed by atoms with van der Waals surface area (Å²) in [6, 6.07) is 15.5. The summed E-state index contributed by atoms with van der Waals surface area (Å²) < 4.78 is 7.92. The summed E-state index contributed by atoms with van der Waals surface area (Å²) in [6.45, 7) is 9.78. The average Bonchev–Trinajstić information content (AvgIpc) is 3.12. The lowest BCUT2D eigenvalue weighted by molar-refractivity contribution is -0.137. The fraction of sp³-hybridized carbons (Fsp3) is 0.333. The lowest BCUT2D eigenvalue weighted by atomic mass is 9.97. The van der Waals surface area contributed by atoms with Gasteiger partial charge in [0.15, 0.2) is 0 Å². The van der Waals surface area contributed by atoms with Gasteiger partial charge in [0, 0.05) is 36.1 Å². The van der Waals surface area contributed by atoms with Crippen LogP contribution in [0.3, 0.4) is 0 Å². The van der Waals surface area contributed by atoms with E-state index in [1.54, 1.807) is 18.2 Å². The number of carbonyl (C=O) groups excluding carboxylic acids is 1. The zero-order chi connectivity index (χ0) is 24.0. The van der Waals surface area contributed by atoms with Crippen LogP contribution in [0, 0.1) is 5.41 Å². The number of fused-ring (bicyclic) bond motifs is 1.